The number of hydrogen-bond acceptors (Lipinski definition) is 7. The lowest BCUT2D eigenvalue weighted by Gasteiger charge is -2.18. The van der Waals surface area contributed by atoms with E-state index < -0.39 is 17.7 Å². The summed E-state index contributed by atoms with van der Waals surface area (Å²) in [6, 6.07) is 12.8. The number of methoxy groups -OCH3 is 1. The highest BCUT2D eigenvalue weighted by atomic mass is 35.5. The second-order valence-corrected chi connectivity index (χ2v) is 8.25. The number of rotatable bonds is 10. The van der Waals surface area contributed by atoms with E-state index in [1.54, 1.807) is 48.5 Å². The first kappa shape index (κ1) is 25.9. The molecule has 0 unspecified atom stereocenters. The predicted molar refractivity (Wildman–Crippen MR) is 133 cm³/mol. The monoisotopic (exact) mass is 498 g/mol. The first-order chi connectivity index (χ1) is 16.8. The molecular formula is C25H27ClN4O5. The van der Waals surface area contributed by atoms with Crippen LogP contribution in [-0.4, -0.2) is 41.5 Å². The van der Waals surface area contributed by atoms with Gasteiger partial charge in [-0.15, -0.1) is 0 Å². The molecule has 0 fully saturated rings. The van der Waals surface area contributed by atoms with E-state index in [0.29, 0.717) is 41.4 Å². The number of aromatic nitrogens is 2. The molecule has 1 amide bonds. The van der Waals surface area contributed by atoms with Gasteiger partial charge in [0.05, 0.1) is 18.5 Å². The van der Waals surface area contributed by atoms with Gasteiger partial charge in [-0.05, 0) is 67.8 Å². The third kappa shape index (κ3) is 7.14. The fourth-order valence-electron chi connectivity index (χ4n) is 3.47. The first-order valence-corrected chi connectivity index (χ1v) is 11.4. The normalized spacial score (nSPS) is 11.5. The summed E-state index contributed by atoms with van der Waals surface area (Å²) in [4.78, 5) is 43.3. The quantitative estimate of drug-likeness (QED) is 0.221. The lowest BCUT2D eigenvalue weighted by Crippen LogP contribution is -2.42. The molecule has 0 aliphatic heterocycles. The number of ether oxygens (including phenoxy) is 2. The van der Waals surface area contributed by atoms with E-state index in [1.165, 1.54) is 14.0 Å². The second-order valence-electron chi connectivity index (χ2n) is 7.82. The van der Waals surface area contributed by atoms with E-state index in [4.69, 9.17) is 26.8 Å². The lowest BCUT2D eigenvalue weighted by atomic mass is 10.1. The SMILES string of the molecule is COc1cc(-c2cc(-c3ccc(Cl)cc3)[nH]c(=O)n2)ccc1OC(=O)[C@@H](CCCCN)NC(C)=O. The predicted octanol–water partition coefficient (Wildman–Crippen LogP) is 3.31. The Labute approximate surface area is 207 Å². The number of H-pyrrole nitrogens is 1. The Balaban J connectivity index is 1.86. The van der Waals surface area contributed by atoms with Crippen LogP contribution in [0.4, 0.5) is 0 Å². The zero-order chi connectivity index (χ0) is 25.4. The van der Waals surface area contributed by atoms with E-state index in [1.807, 2.05) is 0 Å². The molecule has 2 aromatic carbocycles. The van der Waals surface area contributed by atoms with Crippen LogP contribution in [0.15, 0.2) is 53.3 Å². The topological polar surface area (TPSA) is 136 Å². The molecule has 1 aromatic heterocycles. The Morgan fingerprint density at radius 2 is 1.80 bits per heavy atom. The highest BCUT2D eigenvalue weighted by Crippen LogP contribution is 2.33. The van der Waals surface area contributed by atoms with Crippen molar-refractivity contribution in [2.75, 3.05) is 13.7 Å². The van der Waals surface area contributed by atoms with Gasteiger partial charge in [-0.3, -0.25) is 4.79 Å². The molecule has 3 aromatic rings. The van der Waals surface area contributed by atoms with Crippen LogP contribution >= 0.6 is 11.6 Å². The summed E-state index contributed by atoms with van der Waals surface area (Å²) in [5.41, 5.74) is 7.34. The largest absolute Gasteiger partial charge is 0.493 e. The van der Waals surface area contributed by atoms with E-state index in [2.05, 4.69) is 15.3 Å². The Hall–Kier alpha value is -3.69. The third-order valence-electron chi connectivity index (χ3n) is 5.18. The molecule has 9 nitrogen and oxygen atoms in total. The number of nitrogens with two attached hydrogens (primary N) is 1. The van der Waals surface area contributed by atoms with Gasteiger partial charge >= 0.3 is 11.7 Å². The molecule has 35 heavy (non-hydrogen) atoms. The van der Waals surface area contributed by atoms with E-state index in [0.717, 1.165) is 12.0 Å². The highest BCUT2D eigenvalue weighted by molar-refractivity contribution is 6.30. The third-order valence-corrected chi connectivity index (χ3v) is 5.43. The molecule has 0 spiro atoms. The first-order valence-electron chi connectivity index (χ1n) is 11.0. The molecule has 0 radical (unpaired) electrons. The van der Waals surface area contributed by atoms with Crippen molar-refractivity contribution in [2.45, 2.75) is 32.2 Å². The number of nitrogens with one attached hydrogen (secondary N) is 2. The molecule has 1 atom stereocenters. The van der Waals surface area contributed by atoms with Gasteiger partial charge in [0.15, 0.2) is 11.5 Å². The fraction of sp³-hybridized carbons (Fsp3) is 0.280. The Morgan fingerprint density at radius 1 is 1.09 bits per heavy atom. The lowest BCUT2D eigenvalue weighted by molar-refractivity contribution is -0.139. The van der Waals surface area contributed by atoms with Crippen molar-refractivity contribution in [2.24, 2.45) is 5.73 Å². The van der Waals surface area contributed by atoms with Gasteiger partial charge in [0.2, 0.25) is 5.91 Å². The van der Waals surface area contributed by atoms with Gasteiger partial charge < -0.3 is 25.5 Å². The number of halogens is 1. The van der Waals surface area contributed by atoms with E-state index in [9.17, 15) is 14.4 Å². The van der Waals surface area contributed by atoms with Crippen molar-refractivity contribution in [3.05, 3.63) is 64.0 Å². The van der Waals surface area contributed by atoms with Crippen molar-refractivity contribution in [1.29, 1.82) is 0 Å². The average molecular weight is 499 g/mol. The second kappa shape index (κ2) is 12.1. The molecule has 184 valence electrons. The molecule has 0 saturated heterocycles. The zero-order valence-corrected chi connectivity index (χ0v) is 20.2. The van der Waals surface area contributed by atoms with Gasteiger partial charge in [-0.1, -0.05) is 23.7 Å². The molecule has 4 N–H and O–H groups in total. The molecule has 0 bridgehead atoms. The minimum absolute atomic E-state index is 0.179. The fourth-order valence-corrected chi connectivity index (χ4v) is 3.59. The van der Waals surface area contributed by atoms with Gasteiger partial charge in [0, 0.05) is 17.5 Å². The standard InChI is InChI=1S/C25H27ClN4O5/c1-15(31)28-19(5-3-4-12-27)24(32)35-22-11-8-17(13-23(22)34-2)21-14-20(29-25(33)30-21)16-6-9-18(26)10-7-16/h6-11,13-14,19H,3-5,12,27H2,1-2H3,(H,28,31)(H,29,30,33)/t19-/m1/s1. The zero-order valence-electron chi connectivity index (χ0n) is 19.5. The number of hydrogen-bond donors (Lipinski definition) is 3. The Morgan fingerprint density at radius 3 is 2.46 bits per heavy atom. The summed E-state index contributed by atoms with van der Waals surface area (Å²) in [7, 11) is 1.44. The minimum Gasteiger partial charge on any atom is -0.493 e. The van der Waals surface area contributed by atoms with Crippen molar-refractivity contribution in [3.63, 3.8) is 0 Å². The number of amides is 1. The summed E-state index contributed by atoms with van der Waals surface area (Å²) >= 11 is 5.96. The van der Waals surface area contributed by atoms with Crippen LogP contribution in [0.5, 0.6) is 11.5 Å². The molecule has 1 heterocycles. The number of unbranched alkanes of at least 4 members (excludes halogenated alkanes) is 1. The molecule has 3 rings (SSSR count). The Kier molecular flexibility index (Phi) is 8.99. The summed E-state index contributed by atoms with van der Waals surface area (Å²) in [5, 5.41) is 3.20. The van der Waals surface area contributed by atoms with Crippen molar-refractivity contribution < 1.29 is 19.1 Å². The van der Waals surface area contributed by atoms with Crippen LogP contribution in [0, 0.1) is 0 Å². The number of benzene rings is 2. The van der Waals surface area contributed by atoms with Gasteiger partial charge in [-0.2, -0.15) is 4.98 Å². The van der Waals surface area contributed by atoms with Crippen LogP contribution < -0.4 is 26.2 Å². The molecule has 0 saturated carbocycles. The van der Waals surface area contributed by atoms with Crippen LogP contribution in [-0.2, 0) is 9.59 Å². The number of carbonyl (C=O) groups is 2. The van der Waals surface area contributed by atoms with Crippen LogP contribution in [0.2, 0.25) is 5.02 Å². The van der Waals surface area contributed by atoms with Crippen LogP contribution in [0.1, 0.15) is 26.2 Å². The smallest absolute Gasteiger partial charge is 0.345 e. The summed E-state index contributed by atoms with van der Waals surface area (Å²) in [5.74, 6) is -0.492. The maximum Gasteiger partial charge on any atom is 0.345 e. The number of nitrogens with zero attached hydrogens (tertiary/aromatic N) is 1. The molecule has 0 aliphatic rings. The summed E-state index contributed by atoms with van der Waals surface area (Å²) in [6.45, 7) is 1.83. The maximum atomic E-state index is 12.7. The maximum absolute atomic E-state index is 12.7. The highest BCUT2D eigenvalue weighted by Gasteiger charge is 2.23. The van der Waals surface area contributed by atoms with Gasteiger partial charge in [0.25, 0.3) is 0 Å². The number of aromatic amines is 1. The summed E-state index contributed by atoms with van der Waals surface area (Å²) < 4.78 is 11.0. The Bertz CT molecular complexity index is 1240. The summed E-state index contributed by atoms with van der Waals surface area (Å²) in [6.07, 6.45) is 1.79. The van der Waals surface area contributed by atoms with Crippen LogP contribution in [0.3, 0.4) is 0 Å². The van der Waals surface area contributed by atoms with Gasteiger partial charge in [0.1, 0.15) is 6.04 Å². The number of esters is 1. The molecule has 0 aliphatic carbocycles. The van der Waals surface area contributed by atoms with Crippen LogP contribution in [0.25, 0.3) is 22.5 Å². The van der Waals surface area contributed by atoms with E-state index in [-0.39, 0.29) is 17.4 Å². The van der Waals surface area contributed by atoms with Crippen molar-refractivity contribution in [3.8, 4) is 34.0 Å². The minimum atomic E-state index is -0.806. The van der Waals surface area contributed by atoms with Crippen molar-refractivity contribution >= 4 is 23.5 Å². The molecule has 10 heteroatoms. The average Bonchev–Trinajstić information content (AvgIpc) is 2.83. The number of carbonyl (C=O) groups excluding carboxylic acids is 2. The van der Waals surface area contributed by atoms with Crippen molar-refractivity contribution in [1.82, 2.24) is 15.3 Å². The van der Waals surface area contributed by atoms with Gasteiger partial charge in [-0.25, -0.2) is 9.59 Å². The molecular weight excluding hydrogens is 472 g/mol. The van der Waals surface area contributed by atoms with E-state index >= 15 is 0 Å².